The zero-order valence-corrected chi connectivity index (χ0v) is 11.7. The Labute approximate surface area is 118 Å². The average molecular weight is 274 g/mol. The van der Waals surface area contributed by atoms with Crippen molar-refractivity contribution in [3.05, 3.63) is 18.2 Å². The summed E-state index contributed by atoms with van der Waals surface area (Å²) < 4.78 is 5.87. The van der Waals surface area contributed by atoms with Crippen LogP contribution in [0.5, 0.6) is 0 Å². The van der Waals surface area contributed by atoms with Crippen LogP contribution in [-0.2, 0) is 4.74 Å². The third-order valence-electron chi connectivity index (χ3n) is 3.81. The number of rotatable bonds is 5. The Morgan fingerprint density at radius 1 is 1.30 bits per heavy atom. The fourth-order valence-corrected chi connectivity index (χ4v) is 2.74. The lowest BCUT2D eigenvalue weighted by Gasteiger charge is -2.21. The summed E-state index contributed by atoms with van der Waals surface area (Å²) in [5.41, 5.74) is 8.38. The van der Waals surface area contributed by atoms with Gasteiger partial charge < -0.3 is 20.8 Å². The predicted octanol–water partition coefficient (Wildman–Crippen LogP) is 2.91. The van der Waals surface area contributed by atoms with E-state index in [1.165, 1.54) is 32.1 Å². The van der Waals surface area contributed by atoms with Gasteiger partial charge in [-0.05, 0) is 31.0 Å². The highest BCUT2D eigenvalue weighted by Gasteiger charge is 2.13. The number of aromatic amines is 1. The molecule has 1 heterocycles. The van der Waals surface area contributed by atoms with Crippen LogP contribution in [0.15, 0.2) is 18.2 Å². The van der Waals surface area contributed by atoms with E-state index in [1.54, 1.807) is 0 Å². The van der Waals surface area contributed by atoms with Gasteiger partial charge in [-0.2, -0.15) is 0 Å². The van der Waals surface area contributed by atoms with E-state index in [9.17, 15) is 0 Å². The van der Waals surface area contributed by atoms with Crippen molar-refractivity contribution in [2.45, 2.75) is 38.2 Å². The number of benzene rings is 1. The van der Waals surface area contributed by atoms with E-state index < -0.39 is 0 Å². The molecule has 1 aliphatic carbocycles. The summed E-state index contributed by atoms with van der Waals surface area (Å²) in [6.45, 7) is 1.50. The minimum absolute atomic E-state index is 0.459. The SMILES string of the molecule is Nc1ccc2nc(NCCOC3CCCCC3)[nH]c2c1. The standard InChI is InChI=1S/C15H22N4O/c16-11-6-7-13-14(10-11)19-15(18-13)17-8-9-20-12-4-2-1-3-5-12/h6-7,10,12H,1-5,8-9,16H2,(H2,17,18,19). The number of hydrogen-bond donors (Lipinski definition) is 3. The Bertz CT molecular complexity index is 560. The lowest BCUT2D eigenvalue weighted by molar-refractivity contribution is 0.0347. The number of nitrogens with zero attached hydrogens (tertiary/aromatic N) is 1. The molecule has 20 heavy (non-hydrogen) atoms. The van der Waals surface area contributed by atoms with Crippen molar-refractivity contribution in [2.75, 3.05) is 24.2 Å². The molecule has 0 saturated heterocycles. The highest BCUT2D eigenvalue weighted by atomic mass is 16.5. The highest BCUT2D eigenvalue weighted by molar-refractivity contribution is 5.80. The maximum absolute atomic E-state index is 5.87. The van der Waals surface area contributed by atoms with Crippen LogP contribution >= 0.6 is 0 Å². The Balaban J connectivity index is 1.47. The quantitative estimate of drug-likeness (QED) is 0.579. The van der Waals surface area contributed by atoms with Crippen molar-refractivity contribution >= 4 is 22.7 Å². The first-order chi connectivity index (χ1) is 9.81. The van der Waals surface area contributed by atoms with Crippen molar-refractivity contribution < 1.29 is 4.74 Å². The summed E-state index contributed by atoms with van der Waals surface area (Å²) in [4.78, 5) is 7.68. The van der Waals surface area contributed by atoms with Crippen LogP contribution in [0.1, 0.15) is 32.1 Å². The van der Waals surface area contributed by atoms with E-state index in [2.05, 4.69) is 15.3 Å². The van der Waals surface area contributed by atoms with Crippen molar-refractivity contribution in [1.29, 1.82) is 0 Å². The van der Waals surface area contributed by atoms with Gasteiger partial charge in [-0.15, -0.1) is 0 Å². The Kier molecular flexibility index (Phi) is 4.06. The molecule has 1 aliphatic rings. The molecule has 1 aromatic carbocycles. The Hall–Kier alpha value is -1.75. The minimum atomic E-state index is 0.459. The van der Waals surface area contributed by atoms with E-state index >= 15 is 0 Å². The molecule has 3 rings (SSSR count). The first-order valence-electron chi connectivity index (χ1n) is 7.42. The van der Waals surface area contributed by atoms with Gasteiger partial charge in [-0.3, -0.25) is 0 Å². The third-order valence-corrected chi connectivity index (χ3v) is 3.81. The van der Waals surface area contributed by atoms with Crippen molar-refractivity contribution in [1.82, 2.24) is 9.97 Å². The molecule has 0 aliphatic heterocycles. The van der Waals surface area contributed by atoms with Gasteiger partial charge in [0.1, 0.15) is 0 Å². The molecule has 1 saturated carbocycles. The molecule has 5 nitrogen and oxygen atoms in total. The summed E-state index contributed by atoms with van der Waals surface area (Å²) in [5.74, 6) is 0.776. The summed E-state index contributed by atoms with van der Waals surface area (Å²) in [6.07, 6.45) is 6.86. The fourth-order valence-electron chi connectivity index (χ4n) is 2.74. The number of aromatic nitrogens is 2. The molecule has 0 amide bonds. The van der Waals surface area contributed by atoms with Gasteiger partial charge >= 0.3 is 0 Å². The number of nitrogen functional groups attached to an aromatic ring is 1. The molecule has 0 spiro atoms. The smallest absolute Gasteiger partial charge is 0.201 e. The van der Waals surface area contributed by atoms with Gasteiger partial charge in [0.15, 0.2) is 0 Å². The number of imidazole rings is 1. The Morgan fingerprint density at radius 3 is 3.00 bits per heavy atom. The summed E-state index contributed by atoms with van der Waals surface area (Å²) in [7, 11) is 0. The van der Waals surface area contributed by atoms with Crippen molar-refractivity contribution in [3.8, 4) is 0 Å². The molecule has 1 fully saturated rings. The molecule has 108 valence electrons. The second-order valence-electron chi connectivity index (χ2n) is 5.42. The van der Waals surface area contributed by atoms with E-state index in [-0.39, 0.29) is 0 Å². The fraction of sp³-hybridized carbons (Fsp3) is 0.533. The number of hydrogen-bond acceptors (Lipinski definition) is 4. The van der Waals surface area contributed by atoms with E-state index in [0.717, 1.165) is 35.8 Å². The van der Waals surface area contributed by atoms with E-state index in [4.69, 9.17) is 10.5 Å². The minimum Gasteiger partial charge on any atom is -0.399 e. The summed E-state index contributed by atoms with van der Waals surface area (Å²) in [6, 6.07) is 5.68. The van der Waals surface area contributed by atoms with Crippen molar-refractivity contribution in [2.24, 2.45) is 0 Å². The zero-order valence-electron chi connectivity index (χ0n) is 11.7. The number of H-pyrrole nitrogens is 1. The maximum atomic E-state index is 5.87. The highest BCUT2D eigenvalue weighted by Crippen LogP contribution is 2.20. The van der Waals surface area contributed by atoms with Crippen LogP contribution in [0.25, 0.3) is 11.0 Å². The normalized spacial score (nSPS) is 16.6. The van der Waals surface area contributed by atoms with Crippen LogP contribution in [0, 0.1) is 0 Å². The maximum Gasteiger partial charge on any atom is 0.201 e. The number of nitrogens with one attached hydrogen (secondary N) is 2. The Morgan fingerprint density at radius 2 is 2.15 bits per heavy atom. The second-order valence-corrected chi connectivity index (χ2v) is 5.42. The number of anilines is 2. The van der Waals surface area contributed by atoms with Crippen LogP contribution in [0.3, 0.4) is 0 Å². The van der Waals surface area contributed by atoms with Crippen LogP contribution in [-0.4, -0.2) is 29.2 Å². The van der Waals surface area contributed by atoms with Gasteiger partial charge in [0.2, 0.25) is 5.95 Å². The molecule has 0 atom stereocenters. The predicted molar refractivity (Wildman–Crippen MR) is 81.8 cm³/mol. The molecule has 1 aromatic heterocycles. The van der Waals surface area contributed by atoms with Gasteiger partial charge in [0, 0.05) is 12.2 Å². The number of nitrogens with two attached hydrogens (primary N) is 1. The van der Waals surface area contributed by atoms with Gasteiger partial charge in [0.05, 0.1) is 23.7 Å². The van der Waals surface area contributed by atoms with E-state index in [1.807, 2.05) is 18.2 Å². The van der Waals surface area contributed by atoms with Crippen LogP contribution in [0.4, 0.5) is 11.6 Å². The first kappa shape index (κ1) is 13.2. The van der Waals surface area contributed by atoms with Gasteiger partial charge in [-0.1, -0.05) is 19.3 Å². The number of ether oxygens (including phenoxy) is 1. The first-order valence-corrected chi connectivity index (χ1v) is 7.42. The molecule has 0 bridgehead atoms. The van der Waals surface area contributed by atoms with Crippen LogP contribution in [0.2, 0.25) is 0 Å². The molecule has 0 unspecified atom stereocenters. The monoisotopic (exact) mass is 274 g/mol. The summed E-state index contributed by atoms with van der Waals surface area (Å²) in [5, 5.41) is 3.26. The average Bonchev–Trinajstić information content (AvgIpc) is 2.86. The topological polar surface area (TPSA) is 76.0 Å². The molecular weight excluding hydrogens is 252 g/mol. The third kappa shape index (κ3) is 3.22. The molecular formula is C15H22N4O. The van der Waals surface area contributed by atoms with E-state index in [0.29, 0.717) is 6.10 Å². The largest absolute Gasteiger partial charge is 0.399 e. The summed E-state index contributed by atoms with van der Waals surface area (Å²) >= 11 is 0. The second kappa shape index (κ2) is 6.13. The lowest BCUT2D eigenvalue weighted by atomic mass is 9.98. The zero-order chi connectivity index (χ0) is 13.8. The molecule has 2 aromatic rings. The van der Waals surface area contributed by atoms with Gasteiger partial charge in [0.25, 0.3) is 0 Å². The lowest BCUT2D eigenvalue weighted by Crippen LogP contribution is -2.20. The molecule has 0 radical (unpaired) electrons. The molecule has 5 heteroatoms. The van der Waals surface area contributed by atoms with Crippen LogP contribution < -0.4 is 11.1 Å². The van der Waals surface area contributed by atoms with Crippen molar-refractivity contribution in [3.63, 3.8) is 0 Å². The molecule has 4 N–H and O–H groups in total. The van der Waals surface area contributed by atoms with Gasteiger partial charge in [-0.25, -0.2) is 4.98 Å². The number of fused-ring (bicyclic) bond motifs is 1.